The summed E-state index contributed by atoms with van der Waals surface area (Å²) >= 11 is 5.94. The molecule has 0 radical (unpaired) electrons. The topological polar surface area (TPSA) is 63.9 Å². The average molecular weight is 292 g/mol. The summed E-state index contributed by atoms with van der Waals surface area (Å²) in [7, 11) is 1.42. The Morgan fingerprint density at radius 2 is 2.10 bits per heavy atom. The zero-order chi connectivity index (χ0) is 14.3. The second-order valence-corrected chi connectivity index (χ2v) is 4.76. The molecule has 20 heavy (non-hydrogen) atoms. The molecule has 0 aliphatic heterocycles. The van der Waals surface area contributed by atoms with Gasteiger partial charge < -0.3 is 15.5 Å². The number of anilines is 1. The molecule has 1 aromatic heterocycles. The van der Waals surface area contributed by atoms with Gasteiger partial charge in [-0.15, -0.1) is 0 Å². The van der Waals surface area contributed by atoms with Gasteiger partial charge in [-0.2, -0.15) is 0 Å². The first-order valence-corrected chi connectivity index (χ1v) is 6.25. The number of rotatable bonds is 2. The number of nitrogens with two attached hydrogens (primary N) is 1. The van der Waals surface area contributed by atoms with Crippen molar-refractivity contribution in [2.45, 2.75) is 0 Å². The van der Waals surface area contributed by atoms with Gasteiger partial charge in [-0.05, 0) is 30.3 Å². The Morgan fingerprint density at radius 1 is 1.30 bits per heavy atom. The number of H-pyrrole nitrogens is 1. The highest BCUT2D eigenvalue weighted by atomic mass is 35.5. The van der Waals surface area contributed by atoms with Crippen molar-refractivity contribution >= 4 is 28.3 Å². The van der Waals surface area contributed by atoms with E-state index in [1.54, 1.807) is 24.3 Å². The third-order valence-corrected chi connectivity index (χ3v) is 3.22. The molecule has 0 fully saturated rings. The lowest BCUT2D eigenvalue weighted by Gasteiger charge is -2.02. The minimum Gasteiger partial charge on any atom is -0.494 e. The van der Waals surface area contributed by atoms with Gasteiger partial charge in [0.25, 0.3) is 0 Å². The second kappa shape index (κ2) is 4.68. The fourth-order valence-electron chi connectivity index (χ4n) is 2.06. The number of halogens is 2. The van der Waals surface area contributed by atoms with Crippen molar-refractivity contribution in [2.24, 2.45) is 0 Å². The van der Waals surface area contributed by atoms with E-state index in [0.29, 0.717) is 33.1 Å². The van der Waals surface area contributed by atoms with Crippen molar-refractivity contribution in [1.29, 1.82) is 0 Å². The minimum absolute atomic E-state index is 0.187. The van der Waals surface area contributed by atoms with Gasteiger partial charge in [0, 0.05) is 10.6 Å². The van der Waals surface area contributed by atoms with Gasteiger partial charge in [0.15, 0.2) is 11.6 Å². The predicted octanol–water partition coefficient (Wildman–Crippen LogP) is 3.61. The molecule has 4 nitrogen and oxygen atoms in total. The molecule has 0 saturated heterocycles. The number of imidazole rings is 1. The minimum atomic E-state index is -0.448. The van der Waals surface area contributed by atoms with Crippen molar-refractivity contribution in [3.63, 3.8) is 0 Å². The number of nitrogens with zero attached hydrogens (tertiary/aromatic N) is 1. The highest BCUT2D eigenvalue weighted by molar-refractivity contribution is 6.31. The third kappa shape index (κ3) is 2.06. The van der Waals surface area contributed by atoms with Crippen LogP contribution in [0.15, 0.2) is 30.3 Å². The molecule has 3 aromatic rings. The van der Waals surface area contributed by atoms with Crippen molar-refractivity contribution in [3.8, 4) is 17.1 Å². The zero-order valence-electron chi connectivity index (χ0n) is 10.6. The Kier molecular flexibility index (Phi) is 2.99. The second-order valence-electron chi connectivity index (χ2n) is 4.33. The quantitative estimate of drug-likeness (QED) is 0.709. The Bertz CT molecular complexity index is 800. The van der Waals surface area contributed by atoms with Crippen LogP contribution in [0.3, 0.4) is 0 Å². The predicted molar refractivity (Wildman–Crippen MR) is 77.5 cm³/mol. The lowest BCUT2D eigenvalue weighted by atomic mass is 10.2. The number of methoxy groups -OCH3 is 1. The number of aromatic amines is 1. The van der Waals surface area contributed by atoms with Crippen LogP contribution < -0.4 is 10.5 Å². The molecule has 1 heterocycles. The van der Waals surface area contributed by atoms with E-state index in [9.17, 15) is 4.39 Å². The summed E-state index contributed by atoms with van der Waals surface area (Å²) < 4.78 is 18.6. The number of ether oxygens (including phenoxy) is 1. The van der Waals surface area contributed by atoms with Crippen molar-refractivity contribution in [2.75, 3.05) is 12.8 Å². The molecule has 0 aliphatic carbocycles. The van der Waals surface area contributed by atoms with Crippen LogP contribution in [0.25, 0.3) is 22.4 Å². The molecule has 0 saturated carbocycles. The van der Waals surface area contributed by atoms with Gasteiger partial charge in [0.2, 0.25) is 0 Å². The lowest BCUT2D eigenvalue weighted by Crippen LogP contribution is -1.89. The standard InChI is InChI=1S/C14H11ClFN3O/c1-20-12-3-2-7(4-9(12)16)14-18-11-6-8(15)5-10(17)13(11)19-14/h2-6H,17H2,1H3,(H,18,19). The van der Waals surface area contributed by atoms with Crippen LogP contribution in [0.4, 0.5) is 10.1 Å². The Morgan fingerprint density at radius 3 is 2.80 bits per heavy atom. The van der Waals surface area contributed by atoms with E-state index >= 15 is 0 Å². The van der Waals surface area contributed by atoms with Crippen LogP contribution >= 0.6 is 11.6 Å². The zero-order valence-corrected chi connectivity index (χ0v) is 11.3. The summed E-state index contributed by atoms with van der Waals surface area (Å²) in [5.74, 6) is 0.263. The molecule has 3 N–H and O–H groups in total. The highest BCUT2D eigenvalue weighted by Crippen LogP contribution is 2.29. The smallest absolute Gasteiger partial charge is 0.165 e. The van der Waals surface area contributed by atoms with Gasteiger partial charge in [-0.25, -0.2) is 9.37 Å². The average Bonchev–Trinajstić information content (AvgIpc) is 2.82. The van der Waals surface area contributed by atoms with Gasteiger partial charge >= 0.3 is 0 Å². The van der Waals surface area contributed by atoms with Gasteiger partial charge in [0.05, 0.1) is 18.3 Å². The van der Waals surface area contributed by atoms with Crippen molar-refractivity contribution in [1.82, 2.24) is 9.97 Å². The number of nitrogens with one attached hydrogen (secondary N) is 1. The first-order valence-electron chi connectivity index (χ1n) is 5.87. The van der Waals surface area contributed by atoms with Gasteiger partial charge in [-0.3, -0.25) is 0 Å². The molecule has 0 amide bonds. The molecule has 0 aliphatic rings. The molecule has 2 aromatic carbocycles. The maximum Gasteiger partial charge on any atom is 0.165 e. The first-order chi connectivity index (χ1) is 9.58. The molecular weight excluding hydrogens is 281 g/mol. The normalized spacial score (nSPS) is 10.9. The molecule has 0 unspecified atom stereocenters. The van der Waals surface area contributed by atoms with E-state index in [2.05, 4.69) is 9.97 Å². The lowest BCUT2D eigenvalue weighted by molar-refractivity contribution is 0.386. The molecule has 6 heteroatoms. The molecule has 102 valence electrons. The Hall–Kier alpha value is -2.27. The van der Waals surface area contributed by atoms with Crippen LogP contribution in [0.1, 0.15) is 0 Å². The van der Waals surface area contributed by atoms with Gasteiger partial charge in [-0.1, -0.05) is 11.6 Å². The Balaban J connectivity index is 2.15. The maximum absolute atomic E-state index is 13.7. The first kappa shape index (κ1) is 12.7. The summed E-state index contributed by atoms with van der Waals surface area (Å²) in [5.41, 5.74) is 8.27. The molecular formula is C14H11ClFN3O. The van der Waals surface area contributed by atoms with Crippen LogP contribution in [0.5, 0.6) is 5.75 Å². The summed E-state index contributed by atoms with van der Waals surface area (Å²) in [6, 6.07) is 7.98. The number of benzene rings is 2. The number of hydrogen-bond donors (Lipinski definition) is 2. The van der Waals surface area contributed by atoms with Gasteiger partial charge in [0.1, 0.15) is 11.3 Å². The fourth-order valence-corrected chi connectivity index (χ4v) is 2.28. The largest absolute Gasteiger partial charge is 0.494 e. The van der Waals surface area contributed by atoms with E-state index in [0.717, 1.165) is 0 Å². The number of nitrogen functional groups attached to an aromatic ring is 1. The van der Waals surface area contributed by atoms with Crippen LogP contribution in [-0.4, -0.2) is 17.1 Å². The molecule has 0 atom stereocenters. The molecule has 3 rings (SSSR count). The van der Waals surface area contributed by atoms with Crippen molar-refractivity contribution in [3.05, 3.63) is 41.2 Å². The van der Waals surface area contributed by atoms with Crippen molar-refractivity contribution < 1.29 is 9.13 Å². The third-order valence-electron chi connectivity index (χ3n) is 3.01. The van der Waals surface area contributed by atoms with Crippen LogP contribution in [0.2, 0.25) is 5.02 Å². The van der Waals surface area contributed by atoms with E-state index in [4.69, 9.17) is 22.1 Å². The van der Waals surface area contributed by atoms with E-state index in [-0.39, 0.29) is 5.75 Å². The highest BCUT2D eigenvalue weighted by Gasteiger charge is 2.11. The molecule has 0 bridgehead atoms. The summed E-state index contributed by atoms with van der Waals surface area (Å²) in [6.45, 7) is 0. The SMILES string of the molecule is COc1ccc(-c2nc3c(N)cc(Cl)cc3[nH]2)cc1F. The summed E-state index contributed by atoms with van der Waals surface area (Å²) in [4.78, 5) is 7.45. The van der Waals surface area contributed by atoms with E-state index in [1.165, 1.54) is 13.2 Å². The number of aromatic nitrogens is 2. The monoisotopic (exact) mass is 291 g/mol. The van der Waals surface area contributed by atoms with Crippen LogP contribution in [0, 0.1) is 5.82 Å². The van der Waals surface area contributed by atoms with Crippen LogP contribution in [-0.2, 0) is 0 Å². The molecule has 0 spiro atoms. The maximum atomic E-state index is 13.7. The summed E-state index contributed by atoms with van der Waals surface area (Å²) in [5, 5.41) is 0.520. The number of fused-ring (bicyclic) bond motifs is 1. The fraction of sp³-hybridized carbons (Fsp3) is 0.0714. The Labute approximate surface area is 119 Å². The summed E-state index contributed by atoms with van der Waals surface area (Å²) in [6.07, 6.45) is 0. The number of hydrogen-bond acceptors (Lipinski definition) is 3. The van der Waals surface area contributed by atoms with E-state index in [1.807, 2.05) is 0 Å². The van der Waals surface area contributed by atoms with E-state index < -0.39 is 5.82 Å².